The summed E-state index contributed by atoms with van der Waals surface area (Å²) in [5.41, 5.74) is 1.72. The van der Waals surface area contributed by atoms with Gasteiger partial charge in [0.15, 0.2) is 0 Å². The van der Waals surface area contributed by atoms with Crippen molar-refractivity contribution in [2.75, 3.05) is 17.3 Å². The van der Waals surface area contributed by atoms with Gasteiger partial charge in [-0.05, 0) is 59.5 Å². The van der Waals surface area contributed by atoms with Crippen molar-refractivity contribution in [1.82, 2.24) is 0 Å². The molecule has 0 aliphatic carbocycles. The second-order valence-electron chi connectivity index (χ2n) is 3.63. The summed E-state index contributed by atoms with van der Waals surface area (Å²) in [5.74, 6) is 1.16. The number of thioether (sulfide) groups is 1. The Bertz CT molecular complexity index is 387. The molecule has 0 amide bonds. The molecule has 0 fully saturated rings. The predicted molar refractivity (Wildman–Crippen MR) is 74.9 cm³/mol. The zero-order valence-corrected chi connectivity index (χ0v) is 11.9. The number of nitrogens with one attached hydrogen (secondary N) is 1. The Hall–Kier alpha value is -0.660. The first kappa shape index (κ1) is 13.4. The van der Waals surface area contributed by atoms with Gasteiger partial charge in [-0.15, -0.1) is 0 Å². The summed E-state index contributed by atoms with van der Waals surface area (Å²) in [6.07, 6.45) is 3.25. The van der Waals surface area contributed by atoms with Gasteiger partial charge >= 0.3 is 0 Å². The maximum Gasteiger partial charge on any atom is 0.100 e. The lowest BCUT2D eigenvalue weighted by Crippen LogP contribution is -2.15. The fourth-order valence-electron chi connectivity index (χ4n) is 1.35. The maximum absolute atomic E-state index is 8.80. The molecule has 0 spiro atoms. The van der Waals surface area contributed by atoms with Gasteiger partial charge in [0.25, 0.3) is 0 Å². The lowest BCUT2D eigenvalue weighted by Gasteiger charge is -2.15. The molecule has 1 unspecified atom stereocenters. The summed E-state index contributed by atoms with van der Waals surface area (Å²) < 4.78 is 0.845. The van der Waals surface area contributed by atoms with Crippen LogP contribution in [0.15, 0.2) is 22.7 Å². The Labute approximate surface area is 110 Å². The summed E-state index contributed by atoms with van der Waals surface area (Å²) in [7, 11) is 0. The number of nitriles is 1. The fourth-order valence-corrected chi connectivity index (χ4v) is 2.40. The van der Waals surface area contributed by atoms with E-state index in [1.165, 1.54) is 0 Å². The van der Waals surface area contributed by atoms with Gasteiger partial charge in [-0.2, -0.15) is 17.0 Å². The molecule has 16 heavy (non-hydrogen) atoms. The molecule has 0 saturated heterocycles. The Balaban J connectivity index is 2.61. The van der Waals surface area contributed by atoms with E-state index in [1.807, 2.05) is 30.0 Å². The van der Waals surface area contributed by atoms with E-state index in [0.717, 1.165) is 22.3 Å². The number of hydrogen-bond acceptors (Lipinski definition) is 3. The van der Waals surface area contributed by atoms with E-state index in [2.05, 4.69) is 40.5 Å². The van der Waals surface area contributed by atoms with E-state index in [4.69, 9.17) is 5.26 Å². The second-order valence-corrected chi connectivity index (χ2v) is 5.47. The van der Waals surface area contributed by atoms with Crippen LogP contribution in [0.5, 0.6) is 0 Å². The Morgan fingerprint density at radius 3 is 2.88 bits per heavy atom. The minimum Gasteiger partial charge on any atom is -0.383 e. The normalized spacial score (nSPS) is 11.9. The van der Waals surface area contributed by atoms with Crippen LogP contribution >= 0.6 is 27.7 Å². The largest absolute Gasteiger partial charge is 0.383 e. The third kappa shape index (κ3) is 4.07. The van der Waals surface area contributed by atoms with Crippen molar-refractivity contribution < 1.29 is 0 Å². The minimum absolute atomic E-state index is 0.451. The van der Waals surface area contributed by atoms with E-state index in [1.54, 1.807) is 0 Å². The Morgan fingerprint density at radius 1 is 1.56 bits per heavy atom. The Morgan fingerprint density at radius 2 is 2.31 bits per heavy atom. The van der Waals surface area contributed by atoms with Crippen LogP contribution < -0.4 is 5.32 Å². The zero-order valence-electron chi connectivity index (χ0n) is 9.46. The summed E-state index contributed by atoms with van der Waals surface area (Å²) >= 11 is 5.24. The number of benzene rings is 1. The first-order chi connectivity index (χ1) is 7.67. The van der Waals surface area contributed by atoms with Crippen LogP contribution in [0.2, 0.25) is 0 Å². The van der Waals surface area contributed by atoms with E-state index < -0.39 is 0 Å². The van der Waals surface area contributed by atoms with Crippen molar-refractivity contribution in [3.8, 4) is 6.07 Å². The molecule has 0 aliphatic rings. The zero-order chi connectivity index (χ0) is 12.0. The monoisotopic (exact) mass is 298 g/mol. The molecule has 1 atom stereocenters. The number of halogens is 1. The first-order valence-corrected chi connectivity index (χ1v) is 7.31. The van der Waals surface area contributed by atoms with Crippen molar-refractivity contribution in [1.29, 1.82) is 5.26 Å². The highest BCUT2D eigenvalue weighted by Crippen LogP contribution is 2.21. The SMILES string of the molecule is CSCCC(C)Nc1ccc(C#N)c(Br)c1. The second kappa shape index (κ2) is 6.82. The lowest BCUT2D eigenvalue weighted by molar-refractivity contribution is 0.772. The van der Waals surface area contributed by atoms with Crippen LogP contribution in [0.4, 0.5) is 5.69 Å². The molecule has 2 nitrogen and oxygen atoms in total. The van der Waals surface area contributed by atoms with Crippen molar-refractivity contribution in [2.45, 2.75) is 19.4 Å². The van der Waals surface area contributed by atoms with Crippen LogP contribution in [0.3, 0.4) is 0 Å². The van der Waals surface area contributed by atoms with E-state index in [0.29, 0.717) is 11.6 Å². The summed E-state index contributed by atoms with van der Waals surface area (Å²) in [6, 6.07) is 8.31. The average Bonchev–Trinajstić information content (AvgIpc) is 2.26. The number of rotatable bonds is 5. The summed E-state index contributed by atoms with van der Waals surface area (Å²) in [4.78, 5) is 0. The van der Waals surface area contributed by atoms with Gasteiger partial charge in [0.05, 0.1) is 5.56 Å². The van der Waals surface area contributed by atoms with E-state index in [9.17, 15) is 0 Å². The average molecular weight is 299 g/mol. The standard InChI is InChI=1S/C12H15BrN2S/c1-9(5-6-16-2)15-11-4-3-10(8-14)12(13)7-11/h3-4,7,9,15H,5-6H2,1-2H3. The molecule has 1 N–H and O–H groups in total. The molecular formula is C12H15BrN2S. The van der Waals surface area contributed by atoms with Crippen LogP contribution in [-0.4, -0.2) is 18.1 Å². The summed E-state index contributed by atoms with van der Waals surface area (Å²) in [5, 5.41) is 12.2. The molecule has 0 aliphatic heterocycles. The molecule has 86 valence electrons. The molecule has 0 bridgehead atoms. The van der Waals surface area contributed by atoms with Gasteiger partial charge in [0.1, 0.15) is 6.07 Å². The fraction of sp³-hybridized carbons (Fsp3) is 0.417. The third-order valence-corrected chi connectivity index (χ3v) is 3.56. The minimum atomic E-state index is 0.451. The molecule has 0 saturated carbocycles. The maximum atomic E-state index is 8.80. The van der Waals surface area contributed by atoms with Gasteiger partial charge in [0, 0.05) is 16.2 Å². The molecule has 1 rings (SSSR count). The van der Waals surface area contributed by atoms with Gasteiger partial charge < -0.3 is 5.32 Å². The van der Waals surface area contributed by atoms with Crippen LogP contribution in [0, 0.1) is 11.3 Å². The van der Waals surface area contributed by atoms with Gasteiger partial charge in [-0.3, -0.25) is 0 Å². The smallest absolute Gasteiger partial charge is 0.100 e. The Kier molecular flexibility index (Phi) is 5.72. The topological polar surface area (TPSA) is 35.8 Å². The highest BCUT2D eigenvalue weighted by molar-refractivity contribution is 9.10. The van der Waals surface area contributed by atoms with E-state index >= 15 is 0 Å². The highest BCUT2D eigenvalue weighted by Gasteiger charge is 2.04. The van der Waals surface area contributed by atoms with Gasteiger partial charge in [0.2, 0.25) is 0 Å². The molecule has 1 aromatic rings. The van der Waals surface area contributed by atoms with Gasteiger partial charge in [-0.1, -0.05) is 0 Å². The number of nitrogens with zero attached hydrogens (tertiary/aromatic N) is 1. The number of anilines is 1. The molecule has 0 aromatic heterocycles. The van der Waals surface area contributed by atoms with Crippen LogP contribution in [0.25, 0.3) is 0 Å². The van der Waals surface area contributed by atoms with Crippen molar-refractivity contribution in [2.24, 2.45) is 0 Å². The molecular weight excluding hydrogens is 284 g/mol. The first-order valence-electron chi connectivity index (χ1n) is 5.12. The van der Waals surface area contributed by atoms with E-state index in [-0.39, 0.29) is 0 Å². The molecule has 0 radical (unpaired) electrons. The quantitative estimate of drug-likeness (QED) is 0.896. The molecule has 4 heteroatoms. The number of hydrogen-bond donors (Lipinski definition) is 1. The third-order valence-electron chi connectivity index (χ3n) is 2.26. The van der Waals surface area contributed by atoms with Crippen molar-refractivity contribution in [3.05, 3.63) is 28.2 Å². The van der Waals surface area contributed by atoms with Crippen LogP contribution in [0.1, 0.15) is 18.9 Å². The van der Waals surface area contributed by atoms with Gasteiger partial charge in [-0.25, -0.2) is 0 Å². The lowest BCUT2D eigenvalue weighted by atomic mass is 10.2. The molecule has 1 aromatic carbocycles. The molecule has 0 heterocycles. The van der Waals surface area contributed by atoms with Crippen LogP contribution in [-0.2, 0) is 0 Å². The van der Waals surface area contributed by atoms with Crippen molar-refractivity contribution >= 4 is 33.4 Å². The summed E-state index contributed by atoms with van der Waals surface area (Å²) in [6.45, 7) is 2.17. The predicted octanol–water partition coefficient (Wildman–Crippen LogP) is 3.87. The highest BCUT2D eigenvalue weighted by atomic mass is 79.9. The van der Waals surface area contributed by atoms with Crippen molar-refractivity contribution in [3.63, 3.8) is 0 Å².